The molecule has 0 aliphatic carbocycles. The van der Waals surface area contributed by atoms with E-state index in [0.29, 0.717) is 6.61 Å². The van der Waals surface area contributed by atoms with E-state index in [-0.39, 0.29) is 29.0 Å². The summed E-state index contributed by atoms with van der Waals surface area (Å²) in [5.41, 5.74) is -0.519. The van der Waals surface area contributed by atoms with Crippen molar-refractivity contribution < 1.29 is 9.66 Å². The average Bonchev–Trinajstić information content (AvgIpc) is 2.68. The highest BCUT2D eigenvalue weighted by Gasteiger charge is 2.39. The van der Waals surface area contributed by atoms with Gasteiger partial charge in [0.05, 0.1) is 16.6 Å². The first-order chi connectivity index (χ1) is 8.98. The molecule has 0 amide bonds. The van der Waals surface area contributed by atoms with Gasteiger partial charge in [-0.25, -0.2) is 9.97 Å². The maximum Gasteiger partial charge on any atom is 0.353 e. The summed E-state index contributed by atoms with van der Waals surface area (Å²) in [5.74, 6) is 0.405. The third kappa shape index (κ3) is 2.43. The number of nitro groups is 1. The number of nitrogens with zero attached hydrogens (tertiary/aromatic N) is 3. The molecular weight excluding hydrogens is 250 g/mol. The highest BCUT2D eigenvalue weighted by molar-refractivity contribution is 5.69. The van der Waals surface area contributed by atoms with Crippen LogP contribution in [-0.2, 0) is 4.74 Å². The first-order valence-electron chi connectivity index (χ1n) is 6.05. The molecule has 19 heavy (non-hydrogen) atoms. The smallest absolute Gasteiger partial charge is 0.353 e. The quantitative estimate of drug-likeness (QED) is 0.628. The van der Waals surface area contributed by atoms with Crippen molar-refractivity contribution in [3.8, 4) is 0 Å². The number of ether oxygens (including phenoxy) is 1. The van der Waals surface area contributed by atoms with Crippen molar-refractivity contribution in [2.24, 2.45) is 0 Å². The van der Waals surface area contributed by atoms with Crippen molar-refractivity contribution in [2.75, 3.05) is 24.3 Å². The minimum Gasteiger partial charge on any atom is -0.376 e. The fraction of sp³-hybridized carbons (Fsp3) is 0.636. The zero-order chi connectivity index (χ0) is 14.0. The second kappa shape index (κ2) is 4.96. The summed E-state index contributed by atoms with van der Waals surface area (Å²) in [6, 6.07) is 0. The van der Waals surface area contributed by atoms with Gasteiger partial charge in [-0.2, -0.15) is 0 Å². The maximum atomic E-state index is 11.2. The second-order valence-corrected chi connectivity index (χ2v) is 4.73. The predicted octanol–water partition coefficient (Wildman–Crippen LogP) is 1.41. The predicted molar refractivity (Wildman–Crippen MR) is 70.3 cm³/mol. The molecule has 2 unspecified atom stereocenters. The molecule has 1 aliphatic heterocycles. The van der Waals surface area contributed by atoms with Crippen LogP contribution in [-0.4, -0.2) is 40.2 Å². The van der Waals surface area contributed by atoms with Crippen LogP contribution in [0.5, 0.6) is 0 Å². The standard InChI is InChI=1S/C11H17N5O3/c1-7-11(2,4-5-19-7)15-10-8(16(17)18)9(12-3)13-6-14-10/h6-7H,4-5H2,1-3H3,(H2,12,13,14,15). The van der Waals surface area contributed by atoms with Gasteiger partial charge in [-0.15, -0.1) is 0 Å². The van der Waals surface area contributed by atoms with Gasteiger partial charge in [0, 0.05) is 13.7 Å². The number of rotatable bonds is 4. The molecule has 1 fully saturated rings. The number of hydrogen-bond donors (Lipinski definition) is 2. The lowest BCUT2D eigenvalue weighted by atomic mass is 9.94. The first-order valence-corrected chi connectivity index (χ1v) is 6.05. The zero-order valence-corrected chi connectivity index (χ0v) is 11.1. The third-order valence-corrected chi connectivity index (χ3v) is 3.53. The topological polar surface area (TPSA) is 102 Å². The van der Waals surface area contributed by atoms with Crippen LogP contribution in [0.4, 0.5) is 17.3 Å². The number of aromatic nitrogens is 2. The van der Waals surface area contributed by atoms with Crippen molar-refractivity contribution >= 4 is 17.3 Å². The van der Waals surface area contributed by atoms with Crippen LogP contribution in [0.2, 0.25) is 0 Å². The van der Waals surface area contributed by atoms with E-state index in [9.17, 15) is 10.1 Å². The molecule has 2 N–H and O–H groups in total. The van der Waals surface area contributed by atoms with E-state index >= 15 is 0 Å². The first kappa shape index (κ1) is 13.5. The Hall–Kier alpha value is -1.96. The molecule has 1 aromatic rings. The molecule has 0 aromatic carbocycles. The Morgan fingerprint density at radius 2 is 2.21 bits per heavy atom. The molecule has 0 radical (unpaired) electrons. The lowest BCUT2D eigenvalue weighted by Gasteiger charge is -2.29. The highest BCUT2D eigenvalue weighted by atomic mass is 16.6. The Bertz CT molecular complexity index is 495. The number of nitrogens with one attached hydrogen (secondary N) is 2. The van der Waals surface area contributed by atoms with E-state index < -0.39 is 4.92 Å². The van der Waals surface area contributed by atoms with Gasteiger partial charge in [-0.3, -0.25) is 10.1 Å². The molecule has 1 aromatic heterocycles. The highest BCUT2D eigenvalue weighted by Crippen LogP contribution is 2.34. The summed E-state index contributed by atoms with van der Waals surface area (Å²) in [6.07, 6.45) is 2.02. The Labute approximate surface area is 110 Å². The summed E-state index contributed by atoms with van der Waals surface area (Å²) >= 11 is 0. The molecular formula is C11H17N5O3. The van der Waals surface area contributed by atoms with Gasteiger partial charge in [-0.05, 0) is 20.3 Å². The van der Waals surface area contributed by atoms with Crippen LogP contribution >= 0.6 is 0 Å². The minimum absolute atomic E-state index is 0.0416. The molecule has 2 heterocycles. The van der Waals surface area contributed by atoms with E-state index in [2.05, 4.69) is 20.6 Å². The molecule has 2 rings (SSSR count). The van der Waals surface area contributed by atoms with Crippen LogP contribution < -0.4 is 10.6 Å². The summed E-state index contributed by atoms with van der Waals surface area (Å²) in [7, 11) is 1.59. The van der Waals surface area contributed by atoms with Crippen LogP contribution in [0.15, 0.2) is 6.33 Å². The van der Waals surface area contributed by atoms with Gasteiger partial charge < -0.3 is 15.4 Å². The van der Waals surface area contributed by atoms with Gasteiger partial charge >= 0.3 is 5.69 Å². The zero-order valence-electron chi connectivity index (χ0n) is 11.1. The normalized spacial score (nSPS) is 26.2. The second-order valence-electron chi connectivity index (χ2n) is 4.73. The van der Waals surface area contributed by atoms with Gasteiger partial charge in [0.1, 0.15) is 6.33 Å². The minimum atomic E-state index is -0.488. The fourth-order valence-electron chi connectivity index (χ4n) is 2.10. The van der Waals surface area contributed by atoms with Gasteiger partial charge in [0.2, 0.25) is 11.6 Å². The van der Waals surface area contributed by atoms with E-state index in [1.54, 1.807) is 7.05 Å². The van der Waals surface area contributed by atoms with E-state index in [1.807, 2.05) is 13.8 Å². The average molecular weight is 267 g/mol. The summed E-state index contributed by atoms with van der Waals surface area (Å²) in [6.45, 7) is 4.53. The lowest BCUT2D eigenvalue weighted by molar-refractivity contribution is -0.383. The molecule has 1 aliphatic rings. The maximum absolute atomic E-state index is 11.2. The van der Waals surface area contributed by atoms with Crippen LogP contribution in [0.1, 0.15) is 20.3 Å². The van der Waals surface area contributed by atoms with Crippen LogP contribution in [0.25, 0.3) is 0 Å². The number of anilines is 2. The molecule has 8 nitrogen and oxygen atoms in total. The molecule has 1 saturated heterocycles. The molecule has 0 saturated carbocycles. The Balaban J connectivity index is 2.37. The van der Waals surface area contributed by atoms with Crippen molar-refractivity contribution in [1.82, 2.24) is 9.97 Å². The summed E-state index contributed by atoms with van der Waals surface area (Å²) in [5, 5.41) is 17.0. The largest absolute Gasteiger partial charge is 0.376 e. The molecule has 104 valence electrons. The van der Waals surface area contributed by atoms with Gasteiger partial charge in [0.15, 0.2) is 0 Å². The van der Waals surface area contributed by atoms with Crippen LogP contribution in [0, 0.1) is 10.1 Å². The summed E-state index contributed by atoms with van der Waals surface area (Å²) in [4.78, 5) is 18.5. The third-order valence-electron chi connectivity index (χ3n) is 3.53. The van der Waals surface area contributed by atoms with Crippen molar-refractivity contribution in [1.29, 1.82) is 0 Å². The number of hydrogen-bond acceptors (Lipinski definition) is 7. The lowest BCUT2D eigenvalue weighted by Crippen LogP contribution is -2.41. The van der Waals surface area contributed by atoms with Crippen molar-refractivity contribution in [3.63, 3.8) is 0 Å². The summed E-state index contributed by atoms with van der Waals surface area (Å²) < 4.78 is 5.51. The molecule has 0 bridgehead atoms. The van der Waals surface area contributed by atoms with E-state index in [1.165, 1.54) is 6.33 Å². The van der Waals surface area contributed by atoms with E-state index in [4.69, 9.17) is 4.74 Å². The SMILES string of the molecule is CNc1ncnc(NC2(C)CCOC2C)c1[N+](=O)[O-]. The Kier molecular flexibility index (Phi) is 3.52. The molecule has 8 heteroatoms. The van der Waals surface area contributed by atoms with Crippen LogP contribution in [0.3, 0.4) is 0 Å². The van der Waals surface area contributed by atoms with Gasteiger partial charge in [0.25, 0.3) is 0 Å². The monoisotopic (exact) mass is 267 g/mol. The Morgan fingerprint density at radius 3 is 2.74 bits per heavy atom. The molecule has 2 atom stereocenters. The fourth-order valence-corrected chi connectivity index (χ4v) is 2.10. The van der Waals surface area contributed by atoms with Crippen molar-refractivity contribution in [2.45, 2.75) is 31.9 Å². The van der Waals surface area contributed by atoms with Gasteiger partial charge in [-0.1, -0.05) is 0 Å². The van der Waals surface area contributed by atoms with E-state index in [0.717, 1.165) is 6.42 Å². The Morgan fingerprint density at radius 1 is 1.53 bits per heavy atom. The molecule has 0 spiro atoms. The van der Waals surface area contributed by atoms with Crippen molar-refractivity contribution in [3.05, 3.63) is 16.4 Å².